The highest BCUT2D eigenvalue weighted by Gasteiger charge is 2.37. The molecule has 0 atom stereocenters. The lowest BCUT2D eigenvalue weighted by Gasteiger charge is -2.21. The van der Waals surface area contributed by atoms with Crippen LogP contribution in [0.3, 0.4) is 0 Å². The summed E-state index contributed by atoms with van der Waals surface area (Å²) in [6, 6.07) is 6.59. The second-order valence-corrected chi connectivity index (χ2v) is 5.72. The van der Waals surface area contributed by atoms with E-state index >= 15 is 0 Å². The Morgan fingerprint density at radius 3 is 2.96 bits per heavy atom. The molecule has 23 heavy (non-hydrogen) atoms. The summed E-state index contributed by atoms with van der Waals surface area (Å²) >= 11 is 0. The first-order valence-electron chi connectivity index (χ1n) is 10.4. The molecule has 0 unspecified atom stereocenters. The first-order valence-corrected chi connectivity index (χ1v) is 7.37. The van der Waals surface area contributed by atoms with Gasteiger partial charge in [0.2, 0.25) is 5.71 Å². The van der Waals surface area contributed by atoms with Crippen molar-refractivity contribution < 1.29 is 17.2 Å². The lowest BCUT2D eigenvalue weighted by atomic mass is 9.58. The van der Waals surface area contributed by atoms with Crippen molar-refractivity contribution in [1.82, 2.24) is 4.98 Å². The minimum Gasteiger partial charge on any atom is -0.447 e. The molecule has 0 spiro atoms. The van der Waals surface area contributed by atoms with Gasteiger partial charge < -0.3 is 4.42 Å². The summed E-state index contributed by atoms with van der Waals surface area (Å²) in [4.78, 5) is 6.16. The Morgan fingerprint density at radius 1 is 1.26 bits per heavy atom. The molecule has 1 aliphatic rings. The number of rotatable bonds is 1. The van der Waals surface area contributed by atoms with Crippen molar-refractivity contribution in [2.45, 2.75) is 20.5 Å². The minimum atomic E-state index is -2.30. The highest BCUT2D eigenvalue weighted by Crippen LogP contribution is 2.25. The van der Waals surface area contributed by atoms with E-state index in [1.165, 1.54) is 6.07 Å². The molecule has 114 valence electrons. The van der Waals surface area contributed by atoms with E-state index in [1.807, 2.05) is 23.9 Å². The third kappa shape index (κ3) is 2.15. The van der Waals surface area contributed by atoms with Gasteiger partial charge in [-0.05, 0) is 50.4 Å². The van der Waals surface area contributed by atoms with Crippen LogP contribution in [0.2, 0.25) is 6.82 Å². The second-order valence-electron chi connectivity index (χ2n) is 5.72. The normalized spacial score (nSPS) is 18.7. The highest BCUT2D eigenvalue weighted by atomic mass is 16.3. The number of pyridine rings is 2. The quantitative estimate of drug-likeness (QED) is 0.512. The lowest BCUT2D eigenvalue weighted by molar-refractivity contribution is -0.658. The summed E-state index contributed by atoms with van der Waals surface area (Å²) in [6.07, 6.45) is 5.40. The van der Waals surface area contributed by atoms with E-state index in [9.17, 15) is 0 Å². The van der Waals surface area contributed by atoms with Crippen LogP contribution in [0.5, 0.6) is 0 Å². The van der Waals surface area contributed by atoms with Crippen molar-refractivity contribution in [3.05, 3.63) is 53.5 Å². The lowest BCUT2D eigenvalue weighted by Crippen LogP contribution is -2.50. The molecular formula is C18H19BN3O+. The van der Waals surface area contributed by atoms with Gasteiger partial charge in [0.15, 0.2) is 0 Å². The molecule has 0 bridgehead atoms. The van der Waals surface area contributed by atoms with Gasteiger partial charge in [0.05, 0.1) is 19.4 Å². The molecule has 0 aromatic carbocycles. The van der Waals surface area contributed by atoms with E-state index in [1.54, 1.807) is 36.0 Å². The number of anilines is 1. The van der Waals surface area contributed by atoms with E-state index in [0.29, 0.717) is 11.4 Å². The Bertz CT molecular complexity index is 1140. The molecule has 0 radical (unpaired) electrons. The monoisotopic (exact) mass is 310 g/mol. The molecule has 1 aliphatic heterocycles. The average Bonchev–Trinajstić information content (AvgIpc) is 3.00. The zero-order chi connectivity index (χ0) is 21.1. The van der Waals surface area contributed by atoms with Gasteiger partial charge in [-0.25, -0.2) is 9.55 Å². The Labute approximate surface area is 144 Å². The Balaban J connectivity index is 1.75. The number of furan rings is 1. The van der Waals surface area contributed by atoms with Crippen LogP contribution in [-0.4, -0.2) is 11.8 Å². The molecule has 0 N–H and O–H groups in total. The largest absolute Gasteiger partial charge is 0.447 e. The third-order valence-corrected chi connectivity index (χ3v) is 4.19. The second kappa shape index (κ2) is 4.98. The van der Waals surface area contributed by atoms with Gasteiger partial charge >= 0.3 is 6.85 Å². The van der Waals surface area contributed by atoms with Gasteiger partial charge in [-0.2, -0.15) is 0 Å². The van der Waals surface area contributed by atoms with Gasteiger partial charge in [0.1, 0.15) is 5.66 Å². The van der Waals surface area contributed by atoms with Crippen molar-refractivity contribution in [2.75, 3.05) is 4.81 Å². The Morgan fingerprint density at radius 2 is 2.17 bits per heavy atom. The van der Waals surface area contributed by atoms with E-state index < -0.39 is 13.7 Å². The molecule has 0 saturated heterocycles. The first-order chi connectivity index (χ1) is 13.5. The molecule has 0 fully saturated rings. The molecule has 0 amide bonds. The summed E-state index contributed by atoms with van der Waals surface area (Å²) in [7, 11) is 1.80. The van der Waals surface area contributed by atoms with Gasteiger partial charge in [-0.3, -0.25) is 4.81 Å². The standard InChI is InChI=1S/C18H19BN3O/c1-12-5-8-16(21(4)11-12)22-10-9-14-15-7-6-13(2)20-18(15)23-17(14)19(22)3/h5-11H,1-4H3/q+1/i1D3,2D3. The molecule has 3 aromatic heterocycles. The topological polar surface area (TPSA) is 33.2 Å². The zero-order valence-corrected chi connectivity index (χ0v) is 12.9. The van der Waals surface area contributed by atoms with Crippen LogP contribution in [0.15, 0.2) is 41.1 Å². The van der Waals surface area contributed by atoms with Crippen LogP contribution < -0.4 is 15.0 Å². The Hall–Kier alpha value is -2.56. The number of aryl methyl sites for hydroxylation is 3. The van der Waals surface area contributed by atoms with Gasteiger partial charge in [0.25, 0.3) is 5.82 Å². The maximum atomic E-state index is 7.57. The van der Waals surface area contributed by atoms with Crippen molar-refractivity contribution in [3.63, 3.8) is 0 Å². The smallest absolute Gasteiger partial charge is 0.447 e. The average molecular weight is 310 g/mol. The van der Waals surface area contributed by atoms with E-state index in [0.717, 1.165) is 16.8 Å². The SMILES string of the molecule is [2H]C([2H])([2H])c1ccc(N2C=Cc3c(oc4nc(C([2H])([2H])[2H])ccc34)B2C)[n+](C)c1. The summed E-state index contributed by atoms with van der Waals surface area (Å²) in [6.45, 7) is -2.69. The summed E-state index contributed by atoms with van der Waals surface area (Å²) < 4.78 is 53.1. The summed E-state index contributed by atoms with van der Waals surface area (Å²) in [5.41, 5.74) is 2.11. The number of nitrogens with zero attached hydrogens (tertiary/aromatic N) is 3. The van der Waals surface area contributed by atoms with Crippen molar-refractivity contribution in [1.29, 1.82) is 0 Å². The van der Waals surface area contributed by atoms with E-state index in [-0.39, 0.29) is 18.1 Å². The molecule has 4 nitrogen and oxygen atoms in total. The maximum Gasteiger partial charge on any atom is 0.447 e. The predicted octanol–water partition coefficient (Wildman–Crippen LogP) is 2.59. The van der Waals surface area contributed by atoms with Gasteiger partial charge in [-0.15, -0.1) is 0 Å². The molecule has 3 aromatic rings. The predicted molar refractivity (Wildman–Crippen MR) is 93.9 cm³/mol. The summed E-state index contributed by atoms with van der Waals surface area (Å²) in [5.74, 6) is 0.795. The number of hydrogen-bond donors (Lipinski definition) is 0. The highest BCUT2D eigenvalue weighted by molar-refractivity contribution is 6.76. The fraction of sp³-hybridized carbons (Fsp3) is 0.222. The van der Waals surface area contributed by atoms with Crippen molar-refractivity contribution >= 4 is 35.5 Å². The van der Waals surface area contributed by atoms with Crippen LogP contribution >= 0.6 is 0 Å². The first kappa shape index (κ1) is 8.92. The fourth-order valence-corrected chi connectivity index (χ4v) is 3.05. The molecule has 4 heterocycles. The number of hydrogen-bond acceptors (Lipinski definition) is 3. The van der Waals surface area contributed by atoms with Crippen molar-refractivity contribution in [2.24, 2.45) is 7.05 Å². The molecular weight excluding hydrogens is 285 g/mol. The van der Waals surface area contributed by atoms with Crippen molar-refractivity contribution in [3.8, 4) is 0 Å². The number of fused-ring (bicyclic) bond motifs is 3. The van der Waals surface area contributed by atoms with E-state index in [4.69, 9.17) is 12.6 Å². The van der Waals surface area contributed by atoms with Crippen LogP contribution in [-0.2, 0) is 7.05 Å². The van der Waals surface area contributed by atoms with Crippen LogP contribution in [0, 0.1) is 13.7 Å². The molecule has 5 heteroatoms. The molecule has 0 aliphatic carbocycles. The van der Waals surface area contributed by atoms with Crippen LogP contribution in [0.25, 0.3) is 17.2 Å². The fourth-order valence-electron chi connectivity index (χ4n) is 3.05. The third-order valence-electron chi connectivity index (χ3n) is 4.19. The summed E-state index contributed by atoms with van der Waals surface area (Å²) in [5, 5.41) is 0.762. The molecule has 0 saturated carbocycles. The molecule has 4 rings (SSSR count). The van der Waals surface area contributed by atoms with Crippen LogP contribution in [0.1, 0.15) is 25.0 Å². The van der Waals surface area contributed by atoms with Gasteiger partial charge in [-0.1, -0.05) is 0 Å². The Kier molecular flexibility index (Phi) is 1.93. The van der Waals surface area contributed by atoms with E-state index in [2.05, 4.69) is 4.98 Å². The number of aromatic nitrogens is 2. The van der Waals surface area contributed by atoms with Crippen LogP contribution in [0.4, 0.5) is 5.82 Å². The van der Waals surface area contributed by atoms with Gasteiger partial charge in [0, 0.05) is 30.9 Å². The zero-order valence-electron chi connectivity index (χ0n) is 18.9. The maximum absolute atomic E-state index is 7.57. The minimum absolute atomic E-state index is 0.00348.